The summed E-state index contributed by atoms with van der Waals surface area (Å²) in [6.07, 6.45) is 1.68. The summed E-state index contributed by atoms with van der Waals surface area (Å²) < 4.78 is 0. The molecule has 0 aliphatic carbocycles. The average Bonchev–Trinajstić information content (AvgIpc) is 2.21. The molecule has 0 aliphatic heterocycles. The first kappa shape index (κ1) is 15.9. The molecule has 0 unspecified atom stereocenters. The Labute approximate surface area is 103 Å². The third-order valence-corrected chi connectivity index (χ3v) is 2.38. The lowest BCUT2D eigenvalue weighted by Crippen LogP contribution is -2.40. The quantitative estimate of drug-likeness (QED) is 0.596. The van der Waals surface area contributed by atoms with E-state index in [1.165, 1.54) is 0 Å². The van der Waals surface area contributed by atoms with E-state index in [0.717, 1.165) is 19.5 Å². The number of likely N-dealkylation sites (N-methyl/N-ethyl adjacent to an activating group) is 1. The number of rotatable bonds is 9. The predicted octanol–water partition coefficient (Wildman–Crippen LogP) is 1.09. The Hall–Kier alpha value is -1.10. The molecule has 100 valence electrons. The zero-order valence-electron chi connectivity index (χ0n) is 11.0. The Morgan fingerprint density at radius 3 is 2.41 bits per heavy atom. The molecule has 0 saturated carbocycles. The molecular weight excluding hydrogens is 220 g/mol. The van der Waals surface area contributed by atoms with E-state index in [2.05, 4.69) is 5.32 Å². The highest BCUT2D eigenvalue weighted by atomic mass is 16.4. The van der Waals surface area contributed by atoms with Crippen molar-refractivity contribution in [2.75, 3.05) is 19.6 Å². The van der Waals surface area contributed by atoms with Crippen LogP contribution in [0.15, 0.2) is 0 Å². The Bertz CT molecular complexity index is 242. The predicted molar refractivity (Wildman–Crippen MR) is 66.9 cm³/mol. The van der Waals surface area contributed by atoms with E-state index in [9.17, 15) is 9.59 Å². The van der Waals surface area contributed by atoms with Crippen LogP contribution in [0.2, 0.25) is 0 Å². The Kier molecular flexibility index (Phi) is 8.40. The van der Waals surface area contributed by atoms with Crippen molar-refractivity contribution < 1.29 is 14.7 Å². The van der Waals surface area contributed by atoms with Crippen LogP contribution in [0.1, 0.15) is 40.0 Å². The van der Waals surface area contributed by atoms with E-state index >= 15 is 0 Å². The maximum atomic E-state index is 11.5. The molecule has 0 atom stereocenters. The number of hydrogen-bond donors (Lipinski definition) is 2. The normalized spacial score (nSPS) is 10.9. The highest BCUT2D eigenvalue weighted by Crippen LogP contribution is 1.99. The minimum Gasteiger partial charge on any atom is -0.481 e. The number of hydrogen-bond acceptors (Lipinski definition) is 3. The molecule has 17 heavy (non-hydrogen) atoms. The van der Waals surface area contributed by atoms with E-state index in [1.54, 1.807) is 0 Å². The maximum absolute atomic E-state index is 11.5. The Morgan fingerprint density at radius 1 is 1.29 bits per heavy atom. The van der Waals surface area contributed by atoms with Crippen molar-refractivity contribution in [3.05, 3.63) is 0 Å². The monoisotopic (exact) mass is 244 g/mol. The van der Waals surface area contributed by atoms with Crippen molar-refractivity contribution in [2.45, 2.75) is 46.1 Å². The standard InChI is InChI=1S/C12H24N2O3/c1-4-14(8-6-5-7-12(16)17)9-11(15)13-10(2)3/h10H,4-9H2,1-3H3,(H,13,15)(H,16,17). The van der Waals surface area contributed by atoms with Gasteiger partial charge in [-0.3, -0.25) is 14.5 Å². The number of carboxylic acid groups (broad SMARTS) is 1. The van der Waals surface area contributed by atoms with Crippen molar-refractivity contribution in [3.63, 3.8) is 0 Å². The molecule has 0 saturated heterocycles. The highest BCUT2D eigenvalue weighted by Gasteiger charge is 2.09. The molecular formula is C12H24N2O3. The number of nitrogens with one attached hydrogen (secondary N) is 1. The zero-order chi connectivity index (χ0) is 13.3. The third kappa shape index (κ3) is 9.81. The molecule has 5 nitrogen and oxygen atoms in total. The van der Waals surface area contributed by atoms with Gasteiger partial charge >= 0.3 is 5.97 Å². The minimum atomic E-state index is -0.759. The number of amides is 1. The topological polar surface area (TPSA) is 69.6 Å². The summed E-state index contributed by atoms with van der Waals surface area (Å²) in [5.74, 6) is -0.731. The number of aliphatic carboxylic acids is 1. The van der Waals surface area contributed by atoms with Crippen LogP contribution in [-0.4, -0.2) is 47.6 Å². The van der Waals surface area contributed by atoms with Crippen molar-refractivity contribution >= 4 is 11.9 Å². The lowest BCUT2D eigenvalue weighted by Gasteiger charge is -2.20. The fourth-order valence-corrected chi connectivity index (χ4v) is 1.53. The molecule has 0 bridgehead atoms. The lowest BCUT2D eigenvalue weighted by atomic mass is 10.2. The van der Waals surface area contributed by atoms with Gasteiger partial charge in [0.1, 0.15) is 0 Å². The second kappa shape index (κ2) is 8.98. The molecule has 5 heteroatoms. The van der Waals surface area contributed by atoms with Crippen LogP contribution < -0.4 is 5.32 Å². The van der Waals surface area contributed by atoms with E-state index in [0.29, 0.717) is 13.0 Å². The van der Waals surface area contributed by atoms with Gasteiger partial charge in [-0.1, -0.05) is 6.92 Å². The van der Waals surface area contributed by atoms with Crippen LogP contribution >= 0.6 is 0 Å². The van der Waals surface area contributed by atoms with Crippen LogP contribution in [0, 0.1) is 0 Å². The van der Waals surface area contributed by atoms with Gasteiger partial charge in [0.05, 0.1) is 6.54 Å². The molecule has 0 spiro atoms. The second-order valence-corrected chi connectivity index (χ2v) is 4.44. The molecule has 0 aromatic heterocycles. The van der Waals surface area contributed by atoms with Gasteiger partial charge in [0, 0.05) is 12.5 Å². The Morgan fingerprint density at radius 2 is 1.94 bits per heavy atom. The number of carbonyl (C=O) groups is 2. The first-order valence-corrected chi connectivity index (χ1v) is 6.19. The molecule has 0 aliphatic rings. The summed E-state index contributed by atoms with van der Waals surface area (Å²) in [7, 11) is 0. The SMILES string of the molecule is CCN(CCCCC(=O)O)CC(=O)NC(C)C. The van der Waals surface area contributed by atoms with Gasteiger partial charge in [-0.2, -0.15) is 0 Å². The maximum Gasteiger partial charge on any atom is 0.303 e. The van der Waals surface area contributed by atoms with E-state index in [4.69, 9.17) is 5.11 Å². The number of nitrogens with zero attached hydrogens (tertiary/aromatic N) is 1. The third-order valence-electron chi connectivity index (χ3n) is 2.38. The molecule has 2 N–H and O–H groups in total. The van der Waals surface area contributed by atoms with Crippen molar-refractivity contribution in [3.8, 4) is 0 Å². The van der Waals surface area contributed by atoms with Crippen LogP contribution in [0.4, 0.5) is 0 Å². The number of carboxylic acids is 1. The summed E-state index contributed by atoms with van der Waals surface area (Å²) in [5.41, 5.74) is 0. The van der Waals surface area contributed by atoms with Crippen LogP contribution in [0.5, 0.6) is 0 Å². The van der Waals surface area contributed by atoms with Crippen LogP contribution in [0.3, 0.4) is 0 Å². The zero-order valence-corrected chi connectivity index (χ0v) is 11.0. The fourth-order valence-electron chi connectivity index (χ4n) is 1.53. The van der Waals surface area contributed by atoms with Gasteiger partial charge in [-0.25, -0.2) is 0 Å². The second-order valence-electron chi connectivity index (χ2n) is 4.44. The van der Waals surface area contributed by atoms with E-state index in [-0.39, 0.29) is 18.4 Å². The molecule has 0 aromatic rings. The molecule has 0 radical (unpaired) electrons. The number of unbranched alkanes of at least 4 members (excludes halogenated alkanes) is 1. The van der Waals surface area contributed by atoms with Gasteiger partial charge in [0.25, 0.3) is 0 Å². The summed E-state index contributed by atoms with van der Waals surface area (Å²) in [6.45, 7) is 7.83. The largest absolute Gasteiger partial charge is 0.481 e. The lowest BCUT2D eigenvalue weighted by molar-refractivity contribution is -0.137. The van der Waals surface area contributed by atoms with Gasteiger partial charge < -0.3 is 10.4 Å². The van der Waals surface area contributed by atoms with Gasteiger partial charge in [-0.15, -0.1) is 0 Å². The van der Waals surface area contributed by atoms with Gasteiger partial charge in [-0.05, 0) is 39.8 Å². The molecule has 0 aromatic carbocycles. The summed E-state index contributed by atoms with van der Waals surface area (Å²) in [6, 6.07) is 0.160. The molecule has 0 heterocycles. The fraction of sp³-hybridized carbons (Fsp3) is 0.833. The Balaban J connectivity index is 3.75. The van der Waals surface area contributed by atoms with Gasteiger partial charge in [0.2, 0.25) is 5.91 Å². The summed E-state index contributed by atoms with van der Waals surface area (Å²) >= 11 is 0. The average molecular weight is 244 g/mol. The highest BCUT2D eigenvalue weighted by molar-refractivity contribution is 5.78. The molecule has 0 rings (SSSR count). The molecule has 1 amide bonds. The van der Waals surface area contributed by atoms with E-state index in [1.807, 2.05) is 25.7 Å². The summed E-state index contributed by atoms with van der Waals surface area (Å²) in [5, 5.41) is 11.3. The molecule has 0 fully saturated rings. The van der Waals surface area contributed by atoms with Crippen LogP contribution in [0.25, 0.3) is 0 Å². The first-order chi connectivity index (χ1) is 7.95. The van der Waals surface area contributed by atoms with Crippen LogP contribution in [-0.2, 0) is 9.59 Å². The van der Waals surface area contributed by atoms with Gasteiger partial charge in [0.15, 0.2) is 0 Å². The van der Waals surface area contributed by atoms with Crippen molar-refractivity contribution in [1.82, 2.24) is 10.2 Å². The van der Waals surface area contributed by atoms with Crippen molar-refractivity contribution in [2.24, 2.45) is 0 Å². The minimum absolute atomic E-state index is 0.0279. The number of carbonyl (C=O) groups excluding carboxylic acids is 1. The van der Waals surface area contributed by atoms with Crippen molar-refractivity contribution in [1.29, 1.82) is 0 Å². The summed E-state index contributed by atoms with van der Waals surface area (Å²) in [4.78, 5) is 23.9. The first-order valence-electron chi connectivity index (χ1n) is 6.19. The van der Waals surface area contributed by atoms with E-state index < -0.39 is 5.97 Å². The smallest absolute Gasteiger partial charge is 0.303 e.